The molecule has 1 heterocycles. The summed E-state index contributed by atoms with van der Waals surface area (Å²) in [5.74, 6) is -0.00240. The van der Waals surface area contributed by atoms with Gasteiger partial charge in [0.1, 0.15) is 0 Å². The van der Waals surface area contributed by atoms with Crippen LogP contribution in [0.2, 0.25) is 0 Å². The number of hydrogen-bond donors (Lipinski definition) is 0. The number of thioether (sulfide) groups is 1. The van der Waals surface area contributed by atoms with Crippen molar-refractivity contribution in [3.63, 3.8) is 0 Å². The summed E-state index contributed by atoms with van der Waals surface area (Å²) in [6.45, 7) is 1.81. The fourth-order valence-electron chi connectivity index (χ4n) is 1.88. The van der Waals surface area contributed by atoms with Crippen LogP contribution in [0.3, 0.4) is 0 Å². The van der Waals surface area contributed by atoms with Gasteiger partial charge in [-0.3, -0.25) is 14.2 Å². The molecule has 20 heavy (non-hydrogen) atoms. The number of rotatable bonds is 3. The van der Waals surface area contributed by atoms with Gasteiger partial charge in [0.2, 0.25) is 5.91 Å². The van der Waals surface area contributed by atoms with E-state index < -0.39 is 0 Å². The zero-order valence-electron chi connectivity index (χ0n) is 12.0. The van der Waals surface area contributed by atoms with Crippen molar-refractivity contribution in [2.75, 3.05) is 14.1 Å². The lowest BCUT2D eigenvalue weighted by atomic mass is 10.2. The molecule has 2 rings (SSSR count). The van der Waals surface area contributed by atoms with Gasteiger partial charge >= 0.3 is 0 Å². The maximum Gasteiger partial charge on any atom is 0.261 e. The van der Waals surface area contributed by atoms with Crippen molar-refractivity contribution in [1.29, 1.82) is 0 Å². The fourth-order valence-corrected chi connectivity index (χ4v) is 2.90. The molecule has 0 saturated heterocycles. The van der Waals surface area contributed by atoms with E-state index in [1.807, 2.05) is 19.1 Å². The summed E-state index contributed by atoms with van der Waals surface area (Å²) in [4.78, 5) is 30.2. The van der Waals surface area contributed by atoms with E-state index in [4.69, 9.17) is 0 Å². The summed E-state index contributed by atoms with van der Waals surface area (Å²) < 4.78 is 1.49. The minimum atomic E-state index is -0.288. The van der Waals surface area contributed by atoms with Crippen LogP contribution in [0.4, 0.5) is 0 Å². The molecule has 0 unspecified atom stereocenters. The molecule has 1 amide bonds. The highest BCUT2D eigenvalue weighted by Crippen LogP contribution is 2.22. The molecule has 1 aromatic carbocycles. The molecule has 0 aliphatic rings. The molecule has 0 aliphatic carbocycles. The lowest BCUT2D eigenvalue weighted by Gasteiger charge is -2.17. The third-order valence-electron chi connectivity index (χ3n) is 3.01. The topological polar surface area (TPSA) is 55.2 Å². The van der Waals surface area contributed by atoms with Gasteiger partial charge in [0.15, 0.2) is 5.16 Å². The SMILES string of the molecule is C[C@H](Sc1nc2ccccc2c(=O)n1C)C(=O)N(C)C. The first-order valence-corrected chi connectivity index (χ1v) is 7.13. The van der Waals surface area contributed by atoms with Gasteiger partial charge in [-0.25, -0.2) is 4.98 Å². The average Bonchev–Trinajstić information content (AvgIpc) is 2.43. The number of fused-ring (bicyclic) bond motifs is 1. The van der Waals surface area contributed by atoms with Crippen LogP contribution < -0.4 is 5.56 Å². The zero-order valence-corrected chi connectivity index (χ0v) is 12.8. The Bertz CT molecular complexity index is 709. The van der Waals surface area contributed by atoms with E-state index in [0.29, 0.717) is 16.1 Å². The van der Waals surface area contributed by atoms with Crippen LogP contribution >= 0.6 is 11.8 Å². The quantitative estimate of drug-likeness (QED) is 0.635. The first kappa shape index (κ1) is 14.6. The molecule has 0 radical (unpaired) electrons. The van der Waals surface area contributed by atoms with Crippen molar-refractivity contribution in [2.45, 2.75) is 17.3 Å². The molecular weight excluding hydrogens is 274 g/mol. The van der Waals surface area contributed by atoms with Crippen LogP contribution in [0, 0.1) is 0 Å². The summed E-state index contributed by atoms with van der Waals surface area (Å²) in [6.07, 6.45) is 0. The minimum Gasteiger partial charge on any atom is -0.348 e. The first-order valence-electron chi connectivity index (χ1n) is 6.25. The van der Waals surface area contributed by atoms with E-state index >= 15 is 0 Å². The number of carbonyl (C=O) groups is 1. The second-order valence-electron chi connectivity index (χ2n) is 4.77. The van der Waals surface area contributed by atoms with Crippen molar-refractivity contribution in [1.82, 2.24) is 14.5 Å². The van der Waals surface area contributed by atoms with Crippen LogP contribution in [0.5, 0.6) is 0 Å². The molecular formula is C14H17N3O2S. The van der Waals surface area contributed by atoms with Crippen LogP contribution in [0.25, 0.3) is 10.9 Å². The Morgan fingerprint density at radius 2 is 2.00 bits per heavy atom. The molecule has 0 saturated carbocycles. The van der Waals surface area contributed by atoms with Crippen molar-refractivity contribution >= 4 is 28.6 Å². The third-order valence-corrected chi connectivity index (χ3v) is 4.14. The number of carbonyl (C=O) groups excluding carboxylic acids is 1. The van der Waals surface area contributed by atoms with E-state index in [2.05, 4.69) is 4.98 Å². The van der Waals surface area contributed by atoms with Crippen LogP contribution in [-0.4, -0.2) is 39.7 Å². The van der Waals surface area contributed by atoms with E-state index in [1.165, 1.54) is 21.2 Å². The Balaban J connectivity index is 2.43. The van der Waals surface area contributed by atoms with E-state index in [1.54, 1.807) is 33.3 Å². The number of hydrogen-bond acceptors (Lipinski definition) is 4. The maximum absolute atomic E-state index is 12.2. The van der Waals surface area contributed by atoms with E-state index in [0.717, 1.165) is 0 Å². The Hall–Kier alpha value is -1.82. The smallest absolute Gasteiger partial charge is 0.261 e. The van der Waals surface area contributed by atoms with Gasteiger partial charge in [-0.1, -0.05) is 23.9 Å². The standard InChI is InChI=1S/C14H17N3O2S/c1-9(12(18)16(2)3)20-14-15-11-8-6-5-7-10(11)13(19)17(14)4/h5-9H,1-4H3/t9-/m0/s1. The molecule has 0 aliphatic heterocycles. The predicted molar refractivity (Wildman–Crippen MR) is 81.0 cm³/mol. The zero-order chi connectivity index (χ0) is 14.9. The van der Waals surface area contributed by atoms with Crippen molar-refractivity contribution in [3.8, 4) is 0 Å². The second-order valence-corrected chi connectivity index (χ2v) is 6.08. The molecule has 0 bridgehead atoms. The summed E-state index contributed by atoms with van der Waals surface area (Å²) >= 11 is 1.30. The van der Waals surface area contributed by atoms with Crippen molar-refractivity contribution < 1.29 is 4.79 Å². The third kappa shape index (κ3) is 2.70. The summed E-state index contributed by atoms with van der Waals surface area (Å²) in [5.41, 5.74) is 0.560. The fraction of sp³-hybridized carbons (Fsp3) is 0.357. The lowest BCUT2D eigenvalue weighted by molar-refractivity contribution is -0.127. The molecule has 6 heteroatoms. The van der Waals surface area contributed by atoms with Gasteiger partial charge in [0.25, 0.3) is 5.56 Å². The van der Waals surface area contributed by atoms with Crippen LogP contribution in [-0.2, 0) is 11.8 Å². The van der Waals surface area contributed by atoms with E-state index in [9.17, 15) is 9.59 Å². The molecule has 106 valence electrons. The molecule has 1 aromatic heterocycles. The van der Waals surface area contributed by atoms with Gasteiger partial charge in [-0.15, -0.1) is 0 Å². The minimum absolute atomic E-state index is 0.00240. The van der Waals surface area contributed by atoms with Crippen LogP contribution in [0.1, 0.15) is 6.92 Å². The largest absolute Gasteiger partial charge is 0.348 e. The average molecular weight is 291 g/mol. The second kappa shape index (κ2) is 5.66. The highest BCUT2D eigenvalue weighted by atomic mass is 32.2. The highest BCUT2D eigenvalue weighted by Gasteiger charge is 2.19. The molecule has 0 spiro atoms. The predicted octanol–water partition coefficient (Wildman–Crippen LogP) is 1.50. The van der Waals surface area contributed by atoms with Crippen LogP contribution in [0.15, 0.2) is 34.2 Å². The lowest BCUT2D eigenvalue weighted by Crippen LogP contribution is -2.30. The summed E-state index contributed by atoms with van der Waals surface area (Å²) in [7, 11) is 5.11. The van der Waals surface area contributed by atoms with Gasteiger partial charge in [0, 0.05) is 21.1 Å². The van der Waals surface area contributed by atoms with Gasteiger partial charge < -0.3 is 4.90 Å². The first-order chi connectivity index (χ1) is 9.41. The van der Waals surface area contributed by atoms with Gasteiger partial charge in [-0.05, 0) is 19.1 Å². The molecule has 5 nitrogen and oxygen atoms in total. The van der Waals surface area contributed by atoms with Crippen molar-refractivity contribution in [3.05, 3.63) is 34.6 Å². The van der Waals surface area contributed by atoms with Crippen molar-refractivity contribution in [2.24, 2.45) is 7.05 Å². The molecule has 1 atom stereocenters. The number of amides is 1. The number of aromatic nitrogens is 2. The number of para-hydroxylation sites is 1. The maximum atomic E-state index is 12.2. The Morgan fingerprint density at radius 3 is 2.65 bits per heavy atom. The molecule has 0 N–H and O–H groups in total. The Morgan fingerprint density at radius 1 is 1.35 bits per heavy atom. The van der Waals surface area contributed by atoms with E-state index in [-0.39, 0.29) is 16.7 Å². The normalized spacial score (nSPS) is 12.4. The molecule has 0 fully saturated rings. The van der Waals surface area contributed by atoms with Gasteiger partial charge in [0.05, 0.1) is 16.2 Å². The number of benzene rings is 1. The summed E-state index contributed by atoms with van der Waals surface area (Å²) in [5, 5.41) is 0.853. The number of nitrogens with zero attached hydrogens (tertiary/aromatic N) is 3. The monoisotopic (exact) mass is 291 g/mol. The highest BCUT2D eigenvalue weighted by molar-refractivity contribution is 8.00. The molecule has 2 aromatic rings. The Labute approximate surface area is 121 Å². The summed E-state index contributed by atoms with van der Waals surface area (Å²) in [6, 6.07) is 7.22. The Kier molecular flexibility index (Phi) is 4.13. The van der Waals surface area contributed by atoms with Gasteiger partial charge in [-0.2, -0.15) is 0 Å².